The maximum Gasteiger partial charge on any atom is 0.178 e. The van der Waals surface area contributed by atoms with Gasteiger partial charge in [0, 0.05) is 17.1 Å². The summed E-state index contributed by atoms with van der Waals surface area (Å²) in [5.41, 5.74) is 0. The Labute approximate surface area is 52.6 Å². The zero-order valence-electron chi connectivity index (χ0n) is 3.57. The van der Waals surface area contributed by atoms with Gasteiger partial charge in [-0.2, -0.15) is 0 Å². The largest absolute Gasteiger partial charge is 0.290 e. The van der Waals surface area contributed by atoms with Crippen LogP contribution in [0, 0.1) is 0 Å². The fraction of sp³-hybridized carbons (Fsp3) is 0. The summed E-state index contributed by atoms with van der Waals surface area (Å²) in [5.74, 6) is 0.0926. The van der Waals surface area contributed by atoms with Gasteiger partial charge < -0.3 is 0 Å². The molecule has 0 atom stereocenters. The van der Waals surface area contributed by atoms with Crippen molar-refractivity contribution in [1.82, 2.24) is 0 Å². The molecule has 0 bridgehead atoms. The van der Waals surface area contributed by atoms with E-state index in [0.29, 0.717) is 0 Å². The Morgan fingerprint density at radius 1 is 1.14 bits per heavy atom. The van der Waals surface area contributed by atoms with Gasteiger partial charge in [0.1, 0.15) is 0 Å². The number of carbonyl (C=O) groups is 1. The number of hydrogen-bond acceptors (Lipinski definition) is 1. The third-order valence-electron chi connectivity index (χ3n) is 0.632. The summed E-state index contributed by atoms with van der Waals surface area (Å²) >= 11 is 0. The SMILES string of the molecule is O=C1C=CC=C1.[Fe]. The molecule has 0 aromatic carbocycles. The number of allylic oxidation sites excluding steroid dienone is 4. The van der Waals surface area contributed by atoms with E-state index in [1.807, 2.05) is 0 Å². The van der Waals surface area contributed by atoms with Crippen molar-refractivity contribution in [3.63, 3.8) is 0 Å². The monoisotopic (exact) mass is 136 g/mol. The molecule has 0 amide bonds. The van der Waals surface area contributed by atoms with Gasteiger partial charge >= 0.3 is 0 Å². The van der Waals surface area contributed by atoms with Crippen molar-refractivity contribution >= 4 is 5.78 Å². The van der Waals surface area contributed by atoms with E-state index in [1.165, 1.54) is 12.2 Å². The van der Waals surface area contributed by atoms with Crippen LogP contribution in [0.1, 0.15) is 0 Å². The maximum absolute atomic E-state index is 10.1. The fourth-order valence-corrected chi connectivity index (χ4v) is 0.356. The van der Waals surface area contributed by atoms with Crippen molar-refractivity contribution in [3.05, 3.63) is 24.3 Å². The average molecular weight is 136 g/mol. The Balaban J connectivity index is 0.000000360. The van der Waals surface area contributed by atoms with Crippen molar-refractivity contribution in [2.45, 2.75) is 0 Å². The molecular weight excluding hydrogens is 132 g/mol. The second kappa shape index (κ2) is 2.78. The van der Waals surface area contributed by atoms with Gasteiger partial charge in [-0.3, -0.25) is 4.79 Å². The quantitative estimate of drug-likeness (QED) is 0.447. The summed E-state index contributed by atoms with van der Waals surface area (Å²) in [6, 6.07) is 0. The first kappa shape index (κ1) is 6.67. The summed E-state index contributed by atoms with van der Waals surface area (Å²) in [4.78, 5) is 10.1. The van der Waals surface area contributed by atoms with Gasteiger partial charge in [0.15, 0.2) is 5.78 Å². The predicted octanol–water partition coefficient (Wildman–Crippen LogP) is 0.679. The van der Waals surface area contributed by atoms with Gasteiger partial charge in [-0.15, -0.1) is 0 Å². The first-order valence-electron chi connectivity index (χ1n) is 1.78. The summed E-state index contributed by atoms with van der Waals surface area (Å²) in [7, 11) is 0. The summed E-state index contributed by atoms with van der Waals surface area (Å²) in [5, 5.41) is 0. The number of ketones is 1. The average Bonchev–Trinajstić information content (AvgIpc) is 1.86. The van der Waals surface area contributed by atoms with Gasteiger partial charge in [0.2, 0.25) is 0 Å². The van der Waals surface area contributed by atoms with Gasteiger partial charge in [-0.05, 0) is 12.2 Å². The van der Waals surface area contributed by atoms with Crippen LogP contribution in [0.4, 0.5) is 0 Å². The molecule has 0 fully saturated rings. The van der Waals surface area contributed by atoms with Crippen LogP contribution in [-0.2, 0) is 21.9 Å². The Bertz CT molecular complexity index is 110. The summed E-state index contributed by atoms with van der Waals surface area (Å²) in [6.45, 7) is 0. The molecule has 0 aromatic rings. The molecule has 0 N–H and O–H groups in total. The van der Waals surface area contributed by atoms with Gasteiger partial charge in [0.25, 0.3) is 0 Å². The van der Waals surface area contributed by atoms with Crippen LogP contribution < -0.4 is 0 Å². The van der Waals surface area contributed by atoms with Crippen molar-refractivity contribution in [2.75, 3.05) is 0 Å². The molecule has 0 radical (unpaired) electrons. The molecule has 1 aliphatic carbocycles. The van der Waals surface area contributed by atoms with E-state index in [2.05, 4.69) is 0 Å². The normalized spacial score (nSPS) is 14.6. The van der Waals surface area contributed by atoms with Gasteiger partial charge in [-0.1, -0.05) is 12.2 Å². The molecule has 1 aliphatic rings. The minimum Gasteiger partial charge on any atom is -0.290 e. The maximum atomic E-state index is 10.1. The molecule has 0 aromatic heterocycles. The van der Waals surface area contributed by atoms with Crippen LogP contribution in [0.15, 0.2) is 24.3 Å². The smallest absolute Gasteiger partial charge is 0.178 e. The zero-order chi connectivity index (χ0) is 4.41. The Hall–Kier alpha value is -0.331. The van der Waals surface area contributed by atoms with Gasteiger partial charge in [0.05, 0.1) is 0 Å². The standard InChI is InChI=1S/C5H4O.Fe/c6-5-3-1-2-4-5;/h1-4H;. The van der Waals surface area contributed by atoms with Crippen molar-refractivity contribution in [3.8, 4) is 0 Å². The van der Waals surface area contributed by atoms with Crippen molar-refractivity contribution in [2.24, 2.45) is 0 Å². The van der Waals surface area contributed by atoms with Gasteiger partial charge in [-0.25, -0.2) is 0 Å². The molecular formula is C5H4FeO. The third-order valence-corrected chi connectivity index (χ3v) is 0.632. The second-order valence-electron chi connectivity index (χ2n) is 1.12. The second-order valence-corrected chi connectivity index (χ2v) is 1.12. The van der Waals surface area contributed by atoms with E-state index in [4.69, 9.17) is 0 Å². The molecule has 0 saturated heterocycles. The molecule has 2 heteroatoms. The topological polar surface area (TPSA) is 17.1 Å². The van der Waals surface area contributed by atoms with Crippen molar-refractivity contribution < 1.29 is 21.9 Å². The molecule has 0 saturated carbocycles. The number of carbonyl (C=O) groups excluding carboxylic acids is 1. The molecule has 0 unspecified atom stereocenters. The Morgan fingerprint density at radius 3 is 1.71 bits per heavy atom. The Morgan fingerprint density at radius 2 is 1.57 bits per heavy atom. The molecule has 1 rings (SSSR count). The summed E-state index contributed by atoms with van der Waals surface area (Å²) < 4.78 is 0. The first-order chi connectivity index (χ1) is 2.89. The molecule has 0 aliphatic heterocycles. The molecule has 38 valence electrons. The van der Waals surface area contributed by atoms with E-state index in [0.717, 1.165) is 0 Å². The van der Waals surface area contributed by atoms with E-state index in [1.54, 1.807) is 12.2 Å². The van der Waals surface area contributed by atoms with E-state index >= 15 is 0 Å². The van der Waals surface area contributed by atoms with Crippen LogP contribution in [0.25, 0.3) is 0 Å². The Kier molecular flexibility index (Phi) is 2.65. The van der Waals surface area contributed by atoms with Crippen LogP contribution in [0.5, 0.6) is 0 Å². The minimum atomic E-state index is 0. The molecule has 1 nitrogen and oxygen atoms in total. The minimum absolute atomic E-state index is 0. The van der Waals surface area contributed by atoms with Crippen molar-refractivity contribution in [1.29, 1.82) is 0 Å². The number of rotatable bonds is 0. The van der Waals surface area contributed by atoms with E-state index in [-0.39, 0.29) is 22.9 Å². The molecule has 7 heavy (non-hydrogen) atoms. The van der Waals surface area contributed by atoms with Crippen LogP contribution >= 0.6 is 0 Å². The first-order valence-corrected chi connectivity index (χ1v) is 1.78. The molecule has 0 spiro atoms. The zero-order valence-corrected chi connectivity index (χ0v) is 4.68. The number of hydrogen-bond donors (Lipinski definition) is 0. The summed E-state index contributed by atoms with van der Waals surface area (Å²) in [6.07, 6.45) is 6.50. The van der Waals surface area contributed by atoms with E-state index < -0.39 is 0 Å². The fourth-order valence-electron chi connectivity index (χ4n) is 0.356. The molecule has 0 heterocycles. The van der Waals surface area contributed by atoms with Crippen LogP contribution in [0.2, 0.25) is 0 Å². The van der Waals surface area contributed by atoms with Crippen LogP contribution in [0.3, 0.4) is 0 Å². The van der Waals surface area contributed by atoms with E-state index in [9.17, 15) is 4.79 Å². The third kappa shape index (κ3) is 1.72. The van der Waals surface area contributed by atoms with Crippen LogP contribution in [-0.4, -0.2) is 5.78 Å². The predicted molar refractivity (Wildman–Crippen MR) is 23.3 cm³/mol.